The molecule has 1 unspecified atom stereocenters. The first-order valence-electron chi connectivity index (χ1n) is 6.19. The van der Waals surface area contributed by atoms with Crippen molar-refractivity contribution < 1.29 is 22.7 Å². The molecule has 1 atom stereocenters. The van der Waals surface area contributed by atoms with Crippen LogP contribution >= 0.6 is 11.6 Å². The lowest BCUT2D eigenvalue weighted by Gasteiger charge is -2.21. The summed E-state index contributed by atoms with van der Waals surface area (Å²) in [7, 11) is 0. The van der Waals surface area contributed by atoms with Gasteiger partial charge in [0.15, 0.2) is 6.04 Å². The number of ether oxygens (including phenoxy) is 1. The number of hydrogen-bond donors (Lipinski definition) is 0. The fourth-order valence-corrected chi connectivity index (χ4v) is 2.06. The molecule has 114 valence electrons. The van der Waals surface area contributed by atoms with Gasteiger partial charge in [-0.2, -0.15) is 18.3 Å². The van der Waals surface area contributed by atoms with Gasteiger partial charge in [-0.1, -0.05) is 11.6 Å². The van der Waals surface area contributed by atoms with Crippen LogP contribution < -0.4 is 5.01 Å². The third-order valence-electron chi connectivity index (χ3n) is 2.89. The summed E-state index contributed by atoms with van der Waals surface area (Å²) in [5.74, 6) is -0.740. The normalized spacial score (nSPS) is 18.6. The fourth-order valence-electron chi connectivity index (χ4n) is 1.94. The standard InChI is InChI=1S/C13H12ClF3N2O2/c1-2-21-12(20)10-7-11(13(15,16)17)18-19(10)9-5-3-8(14)4-6-9/h3-6,10H,2,7H2,1H3. The first kappa shape index (κ1) is 15.6. The topological polar surface area (TPSA) is 41.9 Å². The van der Waals surface area contributed by atoms with E-state index in [1.165, 1.54) is 24.3 Å². The lowest BCUT2D eigenvalue weighted by molar-refractivity contribution is -0.144. The molecule has 1 heterocycles. The van der Waals surface area contributed by atoms with Crippen molar-refractivity contribution in [3.8, 4) is 0 Å². The molecule has 21 heavy (non-hydrogen) atoms. The number of anilines is 1. The number of hydrazone groups is 1. The largest absolute Gasteiger partial charge is 0.464 e. The number of halogens is 4. The fraction of sp³-hybridized carbons (Fsp3) is 0.385. The van der Waals surface area contributed by atoms with Crippen molar-refractivity contribution in [3.05, 3.63) is 29.3 Å². The van der Waals surface area contributed by atoms with Gasteiger partial charge in [-0.15, -0.1) is 0 Å². The molecule has 2 rings (SSSR count). The maximum atomic E-state index is 12.8. The summed E-state index contributed by atoms with van der Waals surface area (Å²) in [5, 5.41) is 4.99. The molecule has 1 aromatic carbocycles. The first-order valence-corrected chi connectivity index (χ1v) is 6.57. The monoisotopic (exact) mass is 320 g/mol. The second-order valence-electron chi connectivity index (χ2n) is 4.34. The molecule has 1 aliphatic rings. The van der Waals surface area contributed by atoms with Crippen molar-refractivity contribution in [3.63, 3.8) is 0 Å². The number of nitrogens with zero attached hydrogens (tertiary/aromatic N) is 2. The molecule has 0 spiro atoms. The minimum Gasteiger partial charge on any atom is -0.464 e. The summed E-state index contributed by atoms with van der Waals surface area (Å²) >= 11 is 5.74. The van der Waals surface area contributed by atoms with Crippen molar-refractivity contribution in [2.45, 2.75) is 25.6 Å². The number of benzene rings is 1. The van der Waals surface area contributed by atoms with Crippen LogP contribution in [0.5, 0.6) is 0 Å². The molecule has 4 nitrogen and oxygen atoms in total. The van der Waals surface area contributed by atoms with Gasteiger partial charge in [0.05, 0.1) is 12.3 Å². The van der Waals surface area contributed by atoms with Gasteiger partial charge in [-0.05, 0) is 31.2 Å². The molecule has 0 fully saturated rings. The van der Waals surface area contributed by atoms with Crippen LogP contribution in [-0.4, -0.2) is 30.5 Å². The van der Waals surface area contributed by atoms with Crippen molar-refractivity contribution in [2.24, 2.45) is 5.10 Å². The second-order valence-corrected chi connectivity index (χ2v) is 4.77. The van der Waals surface area contributed by atoms with E-state index in [0.29, 0.717) is 10.7 Å². The van der Waals surface area contributed by atoms with Crippen molar-refractivity contribution in [1.82, 2.24) is 0 Å². The van der Waals surface area contributed by atoms with Crippen LogP contribution in [0.3, 0.4) is 0 Å². The zero-order valence-corrected chi connectivity index (χ0v) is 11.8. The number of rotatable bonds is 3. The van der Waals surface area contributed by atoms with E-state index in [0.717, 1.165) is 5.01 Å². The highest BCUT2D eigenvalue weighted by atomic mass is 35.5. The van der Waals surface area contributed by atoms with Gasteiger partial charge >= 0.3 is 12.1 Å². The van der Waals surface area contributed by atoms with Gasteiger partial charge in [-0.25, -0.2) is 4.79 Å². The minimum atomic E-state index is -4.58. The molecule has 1 aromatic rings. The molecule has 0 N–H and O–H groups in total. The van der Waals surface area contributed by atoms with Gasteiger partial charge in [0.2, 0.25) is 0 Å². The first-order chi connectivity index (χ1) is 9.82. The second kappa shape index (κ2) is 5.93. The van der Waals surface area contributed by atoms with Crippen molar-refractivity contribution in [2.75, 3.05) is 11.6 Å². The molecule has 0 radical (unpaired) electrons. The summed E-state index contributed by atoms with van der Waals surface area (Å²) in [5.41, 5.74) is -0.660. The highest BCUT2D eigenvalue weighted by molar-refractivity contribution is 6.30. The van der Waals surface area contributed by atoms with Crippen LogP contribution in [0.15, 0.2) is 29.4 Å². The summed E-state index contributed by atoms with van der Waals surface area (Å²) in [6, 6.07) is 4.90. The molecule has 8 heteroatoms. The number of hydrogen-bond acceptors (Lipinski definition) is 4. The van der Waals surface area contributed by atoms with Crippen molar-refractivity contribution in [1.29, 1.82) is 0 Å². The van der Waals surface area contributed by atoms with Crippen LogP contribution in [-0.2, 0) is 9.53 Å². The van der Waals surface area contributed by atoms with E-state index in [9.17, 15) is 18.0 Å². The Hall–Kier alpha value is -1.76. The van der Waals surface area contributed by atoms with Crippen LogP contribution in [0.4, 0.5) is 18.9 Å². The Balaban J connectivity index is 2.33. The van der Waals surface area contributed by atoms with Crippen molar-refractivity contribution >= 4 is 29.0 Å². The lowest BCUT2D eigenvalue weighted by atomic mass is 10.1. The number of alkyl halides is 3. The number of carbonyl (C=O) groups is 1. The number of carbonyl (C=O) groups excluding carboxylic acids is 1. The molecule has 1 aliphatic heterocycles. The highest BCUT2D eigenvalue weighted by Crippen LogP contribution is 2.32. The average Bonchev–Trinajstić information content (AvgIpc) is 2.85. The van der Waals surface area contributed by atoms with Crippen LogP contribution in [0.25, 0.3) is 0 Å². The quantitative estimate of drug-likeness (QED) is 0.802. The predicted molar refractivity (Wildman–Crippen MR) is 72.5 cm³/mol. The molecule has 0 saturated heterocycles. The third kappa shape index (κ3) is 3.47. The van der Waals surface area contributed by atoms with Crippen LogP contribution in [0.1, 0.15) is 13.3 Å². The average molecular weight is 321 g/mol. The van der Waals surface area contributed by atoms with Crippen LogP contribution in [0, 0.1) is 0 Å². The summed E-state index contributed by atoms with van der Waals surface area (Å²) in [6.07, 6.45) is -5.11. The Morgan fingerprint density at radius 1 is 1.43 bits per heavy atom. The number of esters is 1. The van der Waals surface area contributed by atoms with Crippen LogP contribution in [0.2, 0.25) is 5.02 Å². The zero-order chi connectivity index (χ0) is 15.6. The van der Waals surface area contributed by atoms with Gasteiger partial charge in [0, 0.05) is 11.4 Å². The van der Waals surface area contributed by atoms with E-state index in [1.807, 2.05) is 0 Å². The summed E-state index contributed by atoms with van der Waals surface area (Å²) in [6.45, 7) is 1.68. The summed E-state index contributed by atoms with van der Waals surface area (Å²) in [4.78, 5) is 11.8. The Labute approximate surface area is 124 Å². The third-order valence-corrected chi connectivity index (χ3v) is 3.14. The molecular formula is C13H12ClF3N2O2. The molecule has 0 amide bonds. The molecule has 0 aromatic heterocycles. The van der Waals surface area contributed by atoms with E-state index >= 15 is 0 Å². The molecule has 0 aliphatic carbocycles. The Kier molecular flexibility index (Phi) is 4.41. The van der Waals surface area contributed by atoms with E-state index in [-0.39, 0.29) is 6.61 Å². The Bertz CT molecular complexity index is 558. The maximum Gasteiger partial charge on any atom is 0.431 e. The summed E-state index contributed by atoms with van der Waals surface area (Å²) < 4.78 is 43.2. The van der Waals surface area contributed by atoms with Gasteiger partial charge < -0.3 is 4.74 Å². The predicted octanol–water partition coefficient (Wildman–Crippen LogP) is 3.40. The molecule has 0 bridgehead atoms. The lowest BCUT2D eigenvalue weighted by Crippen LogP contribution is -2.36. The molecule has 0 saturated carbocycles. The van der Waals surface area contributed by atoms with E-state index in [2.05, 4.69) is 5.10 Å². The van der Waals surface area contributed by atoms with E-state index < -0.39 is 30.3 Å². The Morgan fingerprint density at radius 3 is 2.57 bits per heavy atom. The maximum absolute atomic E-state index is 12.8. The van der Waals surface area contributed by atoms with Gasteiger partial charge in [-0.3, -0.25) is 5.01 Å². The van der Waals surface area contributed by atoms with Gasteiger partial charge in [0.25, 0.3) is 0 Å². The SMILES string of the molecule is CCOC(=O)C1CC(C(F)(F)F)=NN1c1ccc(Cl)cc1. The Morgan fingerprint density at radius 2 is 2.05 bits per heavy atom. The minimum absolute atomic E-state index is 0.0884. The molecular weight excluding hydrogens is 309 g/mol. The smallest absolute Gasteiger partial charge is 0.431 e. The highest BCUT2D eigenvalue weighted by Gasteiger charge is 2.46. The van der Waals surface area contributed by atoms with E-state index in [1.54, 1.807) is 6.92 Å². The zero-order valence-electron chi connectivity index (χ0n) is 11.0. The van der Waals surface area contributed by atoms with Gasteiger partial charge in [0.1, 0.15) is 5.71 Å². The van der Waals surface area contributed by atoms with E-state index in [4.69, 9.17) is 16.3 Å².